The van der Waals surface area contributed by atoms with E-state index in [1.54, 1.807) is 19.3 Å². The number of carbonyl (C=O) groups excluding carboxylic acids is 4. The van der Waals surface area contributed by atoms with E-state index in [2.05, 4.69) is 0 Å². The Morgan fingerprint density at radius 2 is 1.06 bits per heavy atom. The molecule has 1 aliphatic heterocycles. The largest absolute Gasteiger partial charge is 0.459 e. The summed E-state index contributed by atoms with van der Waals surface area (Å²) in [6.45, 7) is 20.8. The minimum atomic E-state index is -0.664. The van der Waals surface area contributed by atoms with Gasteiger partial charge in [-0.25, -0.2) is 4.79 Å². The van der Waals surface area contributed by atoms with E-state index in [9.17, 15) is 19.2 Å². The summed E-state index contributed by atoms with van der Waals surface area (Å²) in [5, 5.41) is 0. The standard InChI is InChI=1S/C36H58N4O8/c1-28(33(44)45-27-29-14-12-11-13-15-29)40-22-20-38(25-31(42)47-35(5,6)7)18-16-37(24-30(41)46-34(2,3)4)17-19-39(21-23-40)26-32(43)48-36(8,9)10/h11-15,20,22,28H,16-19,21,23-27H2,1-10H3/b22-20-/t28-/m1/s1. The second kappa shape index (κ2) is 18.2. The topological polar surface area (TPSA) is 118 Å². The van der Waals surface area contributed by atoms with Crippen molar-refractivity contribution in [2.24, 2.45) is 0 Å². The second-order valence-corrected chi connectivity index (χ2v) is 15.1. The van der Waals surface area contributed by atoms with Gasteiger partial charge in [-0.2, -0.15) is 0 Å². The van der Waals surface area contributed by atoms with Crippen molar-refractivity contribution >= 4 is 23.9 Å². The molecule has 12 nitrogen and oxygen atoms in total. The first-order valence-electron chi connectivity index (χ1n) is 16.7. The normalized spacial score (nSPS) is 17.4. The zero-order valence-electron chi connectivity index (χ0n) is 30.7. The summed E-state index contributed by atoms with van der Waals surface area (Å²) >= 11 is 0. The van der Waals surface area contributed by atoms with Crippen LogP contribution in [0, 0.1) is 0 Å². The van der Waals surface area contributed by atoms with Crippen LogP contribution in [0.25, 0.3) is 0 Å². The highest BCUT2D eigenvalue weighted by atomic mass is 16.6. The summed E-state index contributed by atoms with van der Waals surface area (Å²) in [7, 11) is 0. The molecule has 48 heavy (non-hydrogen) atoms. The molecular weight excluding hydrogens is 616 g/mol. The Hall–Kier alpha value is -3.64. The van der Waals surface area contributed by atoms with E-state index < -0.39 is 34.8 Å². The zero-order chi connectivity index (χ0) is 36.1. The predicted molar refractivity (Wildman–Crippen MR) is 184 cm³/mol. The molecule has 0 unspecified atom stereocenters. The molecule has 0 saturated carbocycles. The third-order valence-electron chi connectivity index (χ3n) is 6.94. The van der Waals surface area contributed by atoms with Crippen LogP contribution in [0.15, 0.2) is 42.7 Å². The van der Waals surface area contributed by atoms with Crippen molar-refractivity contribution in [1.82, 2.24) is 19.6 Å². The van der Waals surface area contributed by atoms with Gasteiger partial charge in [0.2, 0.25) is 0 Å². The number of hydrogen-bond acceptors (Lipinski definition) is 12. The Balaban J connectivity index is 2.37. The first kappa shape index (κ1) is 40.5. The number of rotatable bonds is 10. The fourth-order valence-corrected chi connectivity index (χ4v) is 4.77. The number of ether oxygens (including phenoxy) is 4. The first-order valence-corrected chi connectivity index (χ1v) is 16.7. The van der Waals surface area contributed by atoms with Crippen LogP contribution in [0.2, 0.25) is 0 Å². The van der Waals surface area contributed by atoms with Crippen LogP contribution in [0.4, 0.5) is 0 Å². The van der Waals surface area contributed by atoms with Crippen molar-refractivity contribution in [2.75, 3.05) is 58.9 Å². The molecule has 0 fully saturated rings. The average molecular weight is 675 g/mol. The van der Waals surface area contributed by atoms with Crippen LogP contribution in [0.5, 0.6) is 0 Å². The third-order valence-corrected chi connectivity index (χ3v) is 6.94. The molecule has 1 atom stereocenters. The molecule has 0 spiro atoms. The van der Waals surface area contributed by atoms with Gasteiger partial charge in [-0.1, -0.05) is 30.3 Å². The second-order valence-electron chi connectivity index (χ2n) is 15.1. The smallest absolute Gasteiger partial charge is 0.328 e. The first-order chi connectivity index (χ1) is 22.2. The van der Waals surface area contributed by atoms with E-state index >= 15 is 0 Å². The van der Waals surface area contributed by atoms with E-state index in [1.807, 2.05) is 112 Å². The molecule has 0 aromatic heterocycles. The summed E-state index contributed by atoms with van der Waals surface area (Å²) in [6.07, 6.45) is 3.53. The molecule has 0 aliphatic carbocycles. The summed E-state index contributed by atoms with van der Waals surface area (Å²) in [6, 6.07) is 8.80. The van der Waals surface area contributed by atoms with Gasteiger partial charge in [0.1, 0.15) is 36.0 Å². The number of nitrogens with zero attached hydrogens (tertiary/aromatic N) is 4. The van der Waals surface area contributed by atoms with Gasteiger partial charge in [-0.05, 0) is 74.8 Å². The van der Waals surface area contributed by atoms with Crippen LogP contribution in [0.1, 0.15) is 74.8 Å². The molecule has 12 heteroatoms. The van der Waals surface area contributed by atoms with Gasteiger partial charge in [0.15, 0.2) is 0 Å². The van der Waals surface area contributed by atoms with Gasteiger partial charge < -0.3 is 28.7 Å². The Morgan fingerprint density at radius 3 is 1.54 bits per heavy atom. The number of benzene rings is 1. The van der Waals surface area contributed by atoms with Gasteiger partial charge in [0.25, 0.3) is 0 Å². The Kier molecular flexibility index (Phi) is 15.4. The lowest BCUT2D eigenvalue weighted by Crippen LogP contribution is -2.48. The van der Waals surface area contributed by atoms with Crippen LogP contribution in [-0.2, 0) is 44.7 Å². The zero-order valence-corrected chi connectivity index (χ0v) is 30.7. The predicted octanol–water partition coefficient (Wildman–Crippen LogP) is 3.84. The van der Waals surface area contributed by atoms with Gasteiger partial charge in [-0.15, -0.1) is 0 Å². The van der Waals surface area contributed by atoms with Crippen molar-refractivity contribution in [3.8, 4) is 0 Å². The molecule has 1 aromatic carbocycles. The van der Waals surface area contributed by atoms with Crippen molar-refractivity contribution in [1.29, 1.82) is 0 Å². The molecule has 1 heterocycles. The maximum absolute atomic E-state index is 13.2. The van der Waals surface area contributed by atoms with E-state index in [0.717, 1.165) is 5.56 Å². The van der Waals surface area contributed by atoms with Crippen LogP contribution < -0.4 is 0 Å². The Labute approximate surface area is 287 Å². The minimum Gasteiger partial charge on any atom is -0.459 e. The fraction of sp³-hybridized carbons (Fsp3) is 0.667. The van der Waals surface area contributed by atoms with Crippen LogP contribution in [-0.4, -0.2) is 125 Å². The van der Waals surface area contributed by atoms with E-state index in [1.165, 1.54) is 0 Å². The average Bonchev–Trinajstić information content (AvgIpc) is 2.93. The Bertz CT molecular complexity index is 1220. The van der Waals surface area contributed by atoms with Crippen LogP contribution in [0.3, 0.4) is 0 Å². The fourth-order valence-electron chi connectivity index (χ4n) is 4.77. The lowest BCUT2D eigenvalue weighted by molar-refractivity contribution is -0.158. The monoisotopic (exact) mass is 674 g/mol. The maximum Gasteiger partial charge on any atom is 0.328 e. The lowest BCUT2D eigenvalue weighted by atomic mass is 10.2. The van der Waals surface area contributed by atoms with Crippen LogP contribution >= 0.6 is 0 Å². The highest BCUT2D eigenvalue weighted by Gasteiger charge is 2.26. The molecule has 0 bridgehead atoms. The summed E-state index contributed by atoms with van der Waals surface area (Å²) in [5.74, 6) is -1.54. The number of hydrogen-bond donors (Lipinski definition) is 0. The van der Waals surface area contributed by atoms with Crippen molar-refractivity contribution in [2.45, 2.75) is 98.7 Å². The number of carbonyl (C=O) groups is 4. The van der Waals surface area contributed by atoms with Crippen molar-refractivity contribution in [3.05, 3.63) is 48.3 Å². The molecule has 2 rings (SSSR count). The molecule has 1 aliphatic rings. The van der Waals surface area contributed by atoms with Gasteiger partial charge in [0, 0.05) is 51.7 Å². The SMILES string of the molecule is C[C@H](C(=O)OCc1ccccc1)N1/C=C\N(CC(=O)OC(C)(C)C)CCN(CC(=O)OC(C)(C)C)CCN(CC(=O)OC(C)(C)C)CC1. The number of esters is 4. The maximum atomic E-state index is 13.2. The quantitative estimate of drug-likeness (QED) is 0.265. The highest BCUT2D eigenvalue weighted by Crippen LogP contribution is 2.13. The molecule has 1 aromatic rings. The molecular formula is C36H58N4O8. The van der Waals surface area contributed by atoms with Gasteiger partial charge >= 0.3 is 23.9 Å². The highest BCUT2D eigenvalue weighted by molar-refractivity contribution is 5.75. The Morgan fingerprint density at radius 1 is 0.625 bits per heavy atom. The lowest BCUT2D eigenvalue weighted by Gasteiger charge is -2.34. The van der Waals surface area contributed by atoms with E-state index in [0.29, 0.717) is 39.3 Å². The molecule has 0 N–H and O–H groups in total. The summed E-state index contributed by atoms with van der Waals surface area (Å²) < 4.78 is 22.5. The summed E-state index contributed by atoms with van der Waals surface area (Å²) in [4.78, 5) is 59.5. The molecule has 270 valence electrons. The minimum absolute atomic E-state index is 0.0283. The van der Waals surface area contributed by atoms with Gasteiger partial charge in [0.05, 0.1) is 13.1 Å². The van der Waals surface area contributed by atoms with Gasteiger partial charge in [-0.3, -0.25) is 24.2 Å². The molecule has 0 saturated heterocycles. The molecule has 0 radical (unpaired) electrons. The van der Waals surface area contributed by atoms with Crippen molar-refractivity contribution < 1.29 is 38.1 Å². The summed E-state index contributed by atoms with van der Waals surface area (Å²) in [5.41, 5.74) is -1.06. The van der Waals surface area contributed by atoms with E-state index in [4.69, 9.17) is 18.9 Å². The third kappa shape index (κ3) is 17.5. The molecule has 0 amide bonds. The van der Waals surface area contributed by atoms with E-state index in [-0.39, 0.29) is 38.2 Å². The van der Waals surface area contributed by atoms with Crippen molar-refractivity contribution in [3.63, 3.8) is 0 Å².